The zero-order valence-corrected chi connectivity index (χ0v) is 12.1. The van der Waals surface area contributed by atoms with Crippen LogP contribution in [0, 0.1) is 6.92 Å². The Hall–Kier alpha value is -1.26. The number of rotatable bonds is 2. The molecule has 0 saturated carbocycles. The molecule has 0 atom stereocenters. The number of hydrogen-bond acceptors (Lipinski definition) is 2. The molecule has 5 heteroatoms. The Morgan fingerprint density at radius 2 is 2.11 bits per heavy atom. The van der Waals surface area contributed by atoms with Crippen molar-refractivity contribution in [3.8, 4) is 0 Å². The number of aromatic nitrogens is 1. The zero-order chi connectivity index (χ0) is 13.3. The van der Waals surface area contributed by atoms with Crippen LogP contribution in [0.1, 0.15) is 11.1 Å². The first-order valence-electron chi connectivity index (χ1n) is 5.38. The molecule has 0 bridgehead atoms. The molecule has 3 nitrogen and oxygen atoms in total. The van der Waals surface area contributed by atoms with E-state index in [1.807, 2.05) is 0 Å². The minimum Gasteiger partial charge on any atom is -0.398 e. The van der Waals surface area contributed by atoms with E-state index in [0.29, 0.717) is 22.8 Å². The molecular formula is C13H12BrClN2O. The Bertz CT molecular complexity index is 652. The second-order valence-electron chi connectivity index (χ2n) is 4.12. The lowest BCUT2D eigenvalue weighted by atomic mass is 10.1. The Morgan fingerprint density at radius 3 is 2.83 bits per heavy atom. The topological polar surface area (TPSA) is 48.0 Å². The molecule has 1 heterocycles. The van der Waals surface area contributed by atoms with E-state index in [-0.39, 0.29) is 5.56 Å². The van der Waals surface area contributed by atoms with Crippen molar-refractivity contribution in [1.82, 2.24) is 4.57 Å². The smallest absolute Gasteiger partial charge is 0.253 e. The maximum absolute atomic E-state index is 12.0. The third-order valence-electron chi connectivity index (χ3n) is 2.68. The third-order valence-corrected chi connectivity index (χ3v) is 3.35. The molecule has 0 aliphatic rings. The molecular weight excluding hydrogens is 316 g/mol. The molecule has 0 aliphatic heterocycles. The largest absolute Gasteiger partial charge is 0.398 e. The predicted octanol–water partition coefficient (Wildman–Crippen LogP) is 3.20. The summed E-state index contributed by atoms with van der Waals surface area (Å²) in [6.45, 7) is 2.19. The summed E-state index contributed by atoms with van der Waals surface area (Å²) >= 11 is 9.31. The van der Waals surface area contributed by atoms with Gasteiger partial charge in [-0.3, -0.25) is 4.79 Å². The Labute approximate surface area is 118 Å². The van der Waals surface area contributed by atoms with Crippen molar-refractivity contribution >= 4 is 33.2 Å². The monoisotopic (exact) mass is 326 g/mol. The lowest BCUT2D eigenvalue weighted by Gasteiger charge is -2.10. The van der Waals surface area contributed by atoms with E-state index in [0.717, 1.165) is 10.0 Å². The van der Waals surface area contributed by atoms with Crippen molar-refractivity contribution in [2.45, 2.75) is 13.5 Å². The van der Waals surface area contributed by atoms with E-state index in [1.54, 1.807) is 42.0 Å². The molecule has 2 rings (SSSR count). The summed E-state index contributed by atoms with van der Waals surface area (Å²) in [6, 6.07) is 7.04. The van der Waals surface area contributed by atoms with E-state index < -0.39 is 0 Å². The van der Waals surface area contributed by atoms with Gasteiger partial charge in [-0.1, -0.05) is 11.6 Å². The highest BCUT2D eigenvalue weighted by Gasteiger charge is 2.06. The number of benzene rings is 1. The van der Waals surface area contributed by atoms with Crippen molar-refractivity contribution < 1.29 is 0 Å². The first kappa shape index (κ1) is 13.2. The molecule has 0 amide bonds. The average molecular weight is 328 g/mol. The van der Waals surface area contributed by atoms with Crippen LogP contribution in [0.25, 0.3) is 0 Å². The molecule has 18 heavy (non-hydrogen) atoms. The van der Waals surface area contributed by atoms with Crippen LogP contribution in [0.5, 0.6) is 0 Å². The average Bonchev–Trinajstić information content (AvgIpc) is 2.30. The Balaban J connectivity index is 2.46. The van der Waals surface area contributed by atoms with Crippen LogP contribution in [0.2, 0.25) is 5.02 Å². The quantitative estimate of drug-likeness (QED) is 0.861. The van der Waals surface area contributed by atoms with Crippen LogP contribution >= 0.6 is 27.5 Å². The van der Waals surface area contributed by atoms with Gasteiger partial charge in [-0.15, -0.1) is 0 Å². The predicted molar refractivity (Wildman–Crippen MR) is 78.1 cm³/mol. The summed E-state index contributed by atoms with van der Waals surface area (Å²) in [5.41, 5.74) is 8.00. The summed E-state index contributed by atoms with van der Waals surface area (Å²) in [5, 5.41) is 0.610. The van der Waals surface area contributed by atoms with Crippen molar-refractivity contribution in [2.75, 3.05) is 5.73 Å². The Morgan fingerprint density at radius 1 is 1.39 bits per heavy atom. The van der Waals surface area contributed by atoms with Crippen molar-refractivity contribution in [1.29, 1.82) is 0 Å². The van der Waals surface area contributed by atoms with Gasteiger partial charge >= 0.3 is 0 Å². The molecule has 0 fully saturated rings. The second-order valence-corrected chi connectivity index (χ2v) is 5.47. The first-order chi connectivity index (χ1) is 8.47. The molecule has 1 aromatic carbocycles. The first-order valence-corrected chi connectivity index (χ1v) is 6.55. The fraction of sp³-hybridized carbons (Fsp3) is 0.154. The van der Waals surface area contributed by atoms with Gasteiger partial charge in [0.1, 0.15) is 0 Å². The summed E-state index contributed by atoms with van der Waals surface area (Å²) in [4.78, 5) is 12.0. The van der Waals surface area contributed by atoms with Crippen LogP contribution in [-0.4, -0.2) is 4.57 Å². The minimum absolute atomic E-state index is 0.0300. The molecule has 0 spiro atoms. The van der Waals surface area contributed by atoms with Crippen molar-refractivity contribution in [3.05, 3.63) is 61.4 Å². The fourth-order valence-electron chi connectivity index (χ4n) is 1.75. The van der Waals surface area contributed by atoms with Crippen LogP contribution in [0.3, 0.4) is 0 Å². The molecule has 0 unspecified atom stereocenters. The summed E-state index contributed by atoms with van der Waals surface area (Å²) < 4.78 is 2.47. The number of hydrogen-bond donors (Lipinski definition) is 1. The molecule has 94 valence electrons. The van der Waals surface area contributed by atoms with Gasteiger partial charge in [-0.25, -0.2) is 0 Å². The maximum atomic E-state index is 12.0. The van der Waals surface area contributed by atoms with E-state index in [2.05, 4.69) is 15.9 Å². The van der Waals surface area contributed by atoms with Crippen molar-refractivity contribution in [3.63, 3.8) is 0 Å². The molecule has 1 aromatic heterocycles. The number of nitrogens with two attached hydrogens (primary N) is 1. The number of halogens is 2. The summed E-state index contributed by atoms with van der Waals surface area (Å²) in [5.74, 6) is 0. The van der Waals surface area contributed by atoms with Gasteiger partial charge < -0.3 is 10.3 Å². The van der Waals surface area contributed by atoms with E-state index in [1.165, 1.54) is 0 Å². The van der Waals surface area contributed by atoms with Gasteiger partial charge in [0, 0.05) is 26.9 Å². The number of nitrogen functional groups attached to an aromatic ring is 1. The molecule has 0 saturated heterocycles. The van der Waals surface area contributed by atoms with Crippen LogP contribution in [0.4, 0.5) is 5.69 Å². The van der Waals surface area contributed by atoms with E-state index in [9.17, 15) is 4.79 Å². The zero-order valence-electron chi connectivity index (χ0n) is 9.78. The van der Waals surface area contributed by atoms with E-state index >= 15 is 0 Å². The second kappa shape index (κ2) is 5.16. The molecule has 0 aliphatic carbocycles. The normalized spacial score (nSPS) is 10.6. The maximum Gasteiger partial charge on any atom is 0.253 e. The number of aryl methyl sites for hydroxylation is 1. The fourth-order valence-corrected chi connectivity index (χ4v) is 2.54. The highest BCUT2D eigenvalue weighted by molar-refractivity contribution is 9.10. The van der Waals surface area contributed by atoms with Gasteiger partial charge in [0.15, 0.2) is 0 Å². The Kier molecular flexibility index (Phi) is 3.78. The number of pyridine rings is 1. The number of nitrogens with zero attached hydrogens (tertiary/aromatic N) is 1. The van der Waals surface area contributed by atoms with Gasteiger partial charge in [-0.05, 0) is 52.7 Å². The third kappa shape index (κ3) is 2.76. The molecule has 2 aromatic rings. The van der Waals surface area contributed by atoms with Gasteiger partial charge in [-0.2, -0.15) is 0 Å². The number of anilines is 1. The van der Waals surface area contributed by atoms with Crippen LogP contribution < -0.4 is 11.3 Å². The van der Waals surface area contributed by atoms with Crippen LogP contribution in [-0.2, 0) is 6.54 Å². The summed E-state index contributed by atoms with van der Waals surface area (Å²) in [6.07, 6.45) is 1.75. The van der Waals surface area contributed by atoms with Crippen LogP contribution in [0.15, 0.2) is 39.7 Å². The standard InChI is InChI=1S/C13H12BrClN2O/c1-8-4-10(14)7-17(13(8)18)6-9-5-11(15)2-3-12(9)16/h2-5,7H,6,16H2,1H3. The lowest BCUT2D eigenvalue weighted by Crippen LogP contribution is -2.22. The van der Waals surface area contributed by atoms with Gasteiger partial charge in [0.2, 0.25) is 0 Å². The minimum atomic E-state index is -0.0300. The highest BCUT2D eigenvalue weighted by Crippen LogP contribution is 2.19. The van der Waals surface area contributed by atoms with Gasteiger partial charge in [0.05, 0.1) is 6.54 Å². The molecule has 0 radical (unpaired) electrons. The summed E-state index contributed by atoms with van der Waals surface area (Å²) in [7, 11) is 0. The highest BCUT2D eigenvalue weighted by atomic mass is 79.9. The lowest BCUT2D eigenvalue weighted by molar-refractivity contribution is 0.751. The van der Waals surface area contributed by atoms with Gasteiger partial charge in [0.25, 0.3) is 5.56 Å². The molecule has 2 N–H and O–H groups in total. The van der Waals surface area contributed by atoms with Crippen molar-refractivity contribution in [2.24, 2.45) is 0 Å². The van der Waals surface area contributed by atoms with E-state index in [4.69, 9.17) is 17.3 Å². The SMILES string of the molecule is Cc1cc(Br)cn(Cc2cc(Cl)ccc2N)c1=O.